The molecule has 2 rings (SSSR count). The lowest BCUT2D eigenvalue weighted by atomic mass is 10.1. The van der Waals surface area contributed by atoms with Gasteiger partial charge in [-0.1, -0.05) is 0 Å². The van der Waals surface area contributed by atoms with Gasteiger partial charge < -0.3 is 15.1 Å². The van der Waals surface area contributed by atoms with E-state index in [1.54, 1.807) is 6.07 Å². The molecule has 146 valence electrons. The zero-order valence-corrected chi connectivity index (χ0v) is 17.3. The number of aryl methyl sites for hydroxylation is 2. The number of anilines is 3. The summed E-state index contributed by atoms with van der Waals surface area (Å²) in [6, 6.07) is 7.87. The normalized spacial score (nSPS) is 10.6. The fourth-order valence-electron chi connectivity index (χ4n) is 3.14. The molecule has 1 amide bonds. The van der Waals surface area contributed by atoms with Crippen molar-refractivity contribution in [3.63, 3.8) is 0 Å². The van der Waals surface area contributed by atoms with E-state index in [-0.39, 0.29) is 5.91 Å². The summed E-state index contributed by atoms with van der Waals surface area (Å²) in [6.07, 6.45) is 0. The highest BCUT2D eigenvalue weighted by molar-refractivity contribution is 6.03. The second-order valence-corrected chi connectivity index (χ2v) is 6.46. The second-order valence-electron chi connectivity index (χ2n) is 6.46. The van der Waals surface area contributed by atoms with Gasteiger partial charge in [-0.2, -0.15) is 0 Å². The van der Waals surface area contributed by atoms with E-state index in [1.807, 2.05) is 26.0 Å². The van der Waals surface area contributed by atoms with Crippen molar-refractivity contribution in [2.45, 2.75) is 41.5 Å². The number of nitrogens with zero attached hydrogens (tertiary/aromatic N) is 4. The molecule has 0 atom stereocenters. The Morgan fingerprint density at radius 3 is 2.11 bits per heavy atom. The van der Waals surface area contributed by atoms with Gasteiger partial charge in [0.25, 0.3) is 5.91 Å². The standard InChI is InChI=1S/C21H31N5O/c1-7-25(8-2)17-11-12-18(15(5)13-17)24-21(27)19-14-20(23-16(6)22-19)26(9-3)10-4/h11-14H,7-10H2,1-6H3,(H,24,27). The minimum Gasteiger partial charge on any atom is -0.372 e. The molecule has 1 N–H and O–H groups in total. The van der Waals surface area contributed by atoms with E-state index < -0.39 is 0 Å². The maximum atomic E-state index is 12.8. The molecule has 0 saturated heterocycles. The number of nitrogens with one attached hydrogen (secondary N) is 1. The van der Waals surface area contributed by atoms with Gasteiger partial charge in [0.1, 0.15) is 17.3 Å². The van der Waals surface area contributed by atoms with Crippen LogP contribution in [0.2, 0.25) is 0 Å². The van der Waals surface area contributed by atoms with Crippen molar-refractivity contribution < 1.29 is 4.79 Å². The lowest BCUT2D eigenvalue weighted by Gasteiger charge is -2.22. The SMILES string of the molecule is CCN(CC)c1ccc(NC(=O)c2cc(N(CC)CC)nc(C)n2)c(C)c1. The van der Waals surface area contributed by atoms with Crippen molar-refractivity contribution >= 4 is 23.1 Å². The first kappa shape index (κ1) is 20.7. The van der Waals surface area contributed by atoms with E-state index in [1.165, 1.54) is 0 Å². The van der Waals surface area contributed by atoms with Crippen LogP contribution in [0.5, 0.6) is 0 Å². The van der Waals surface area contributed by atoms with Crippen molar-refractivity contribution in [3.8, 4) is 0 Å². The minimum absolute atomic E-state index is 0.215. The Bertz CT molecular complexity index is 782. The van der Waals surface area contributed by atoms with Crippen molar-refractivity contribution in [2.24, 2.45) is 0 Å². The minimum atomic E-state index is -0.215. The molecule has 0 spiro atoms. The van der Waals surface area contributed by atoms with E-state index in [2.05, 4.69) is 58.8 Å². The smallest absolute Gasteiger partial charge is 0.274 e. The Morgan fingerprint density at radius 2 is 1.56 bits per heavy atom. The first-order chi connectivity index (χ1) is 12.9. The van der Waals surface area contributed by atoms with E-state index >= 15 is 0 Å². The van der Waals surface area contributed by atoms with Gasteiger partial charge in [-0.15, -0.1) is 0 Å². The Labute approximate surface area is 162 Å². The molecule has 0 unspecified atom stereocenters. The third-order valence-corrected chi connectivity index (χ3v) is 4.73. The van der Waals surface area contributed by atoms with E-state index in [0.717, 1.165) is 48.9 Å². The molecule has 0 saturated carbocycles. The molecule has 27 heavy (non-hydrogen) atoms. The van der Waals surface area contributed by atoms with E-state index in [4.69, 9.17) is 0 Å². The molecule has 6 heteroatoms. The number of hydrogen-bond acceptors (Lipinski definition) is 5. The molecular formula is C21H31N5O. The topological polar surface area (TPSA) is 61.4 Å². The van der Waals surface area contributed by atoms with Crippen molar-refractivity contribution in [1.29, 1.82) is 0 Å². The number of amides is 1. The number of carbonyl (C=O) groups is 1. The quantitative estimate of drug-likeness (QED) is 0.761. The van der Waals surface area contributed by atoms with Crippen LogP contribution in [0.4, 0.5) is 17.2 Å². The lowest BCUT2D eigenvalue weighted by Crippen LogP contribution is -2.25. The van der Waals surface area contributed by atoms with Crippen molar-refractivity contribution in [2.75, 3.05) is 41.3 Å². The lowest BCUT2D eigenvalue weighted by molar-refractivity contribution is 0.102. The maximum Gasteiger partial charge on any atom is 0.274 e. The van der Waals surface area contributed by atoms with Crippen LogP contribution in [0.1, 0.15) is 49.6 Å². The highest BCUT2D eigenvalue weighted by Gasteiger charge is 2.15. The Hall–Kier alpha value is -2.63. The van der Waals surface area contributed by atoms with Gasteiger partial charge in [0.15, 0.2) is 0 Å². The van der Waals surface area contributed by atoms with Gasteiger partial charge in [-0.3, -0.25) is 4.79 Å². The average Bonchev–Trinajstić information content (AvgIpc) is 2.65. The Balaban J connectivity index is 2.25. The first-order valence-electron chi connectivity index (χ1n) is 9.70. The second kappa shape index (κ2) is 9.35. The Kier molecular flexibility index (Phi) is 7.16. The van der Waals surface area contributed by atoms with E-state index in [0.29, 0.717) is 11.5 Å². The van der Waals surface area contributed by atoms with Gasteiger partial charge in [0.2, 0.25) is 0 Å². The molecule has 0 fully saturated rings. The number of aromatic nitrogens is 2. The van der Waals surface area contributed by atoms with Crippen LogP contribution in [-0.2, 0) is 0 Å². The van der Waals surface area contributed by atoms with Gasteiger partial charge in [-0.05, 0) is 65.3 Å². The van der Waals surface area contributed by atoms with Crippen LogP contribution >= 0.6 is 0 Å². The number of rotatable bonds is 8. The summed E-state index contributed by atoms with van der Waals surface area (Å²) in [4.78, 5) is 25.9. The summed E-state index contributed by atoms with van der Waals surface area (Å²) in [5, 5.41) is 2.99. The molecule has 0 bridgehead atoms. The molecule has 1 aromatic carbocycles. The molecule has 0 aliphatic rings. The largest absolute Gasteiger partial charge is 0.372 e. The summed E-state index contributed by atoms with van der Waals surface area (Å²) in [5.41, 5.74) is 3.38. The monoisotopic (exact) mass is 369 g/mol. The van der Waals surface area contributed by atoms with E-state index in [9.17, 15) is 4.79 Å². The molecule has 6 nitrogen and oxygen atoms in total. The number of benzene rings is 1. The molecular weight excluding hydrogens is 338 g/mol. The van der Waals surface area contributed by atoms with Crippen molar-refractivity contribution in [1.82, 2.24) is 9.97 Å². The van der Waals surface area contributed by atoms with Crippen LogP contribution in [0.15, 0.2) is 24.3 Å². The fourth-order valence-corrected chi connectivity index (χ4v) is 3.14. The average molecular weight is 370 g/mol. The zero-order valence-electron chi connectivity index (χ0n) is 17.3. The number of carbonyl (C=O) groups excluding carboxylic acids is 1. The molecule has 1 heterocycles. The van der Waals surface area contributed by atoms with Crippen LogP contribution < -0.4 is 15.1 Å². The summed E-state index contributed by atoms with van der Waals surface area (Å²) >= 11 is 0. The van der Waals surface area contributed by atoms with Crippen LogP contribution in [0, 0.1) is 13.8 Å². The first-order valence-corrected chi connectivity index (χ1v) is 9.70. The zero-order chi connectivity index (χ0) is 20.0. The molecule has 0 aliphatic carbocycles. The molecule has 2 aromatic rings. The van der Waals surface area contributed by atoms with Crippen LogP contribution in [0.25, 0.3) is 0 Å². The molecule has 1 aromatic heterocycles. The van der Waals surface area contributed by atoms with Gasteiger partial charge in [0.05, 0.1) is 0 Å². The fraction of sp³-hybridized carbons (Fsp3) is 0.476. The van der Waals surface area contributed by atoms with Gasteiger partial charge in [-0.25, -0.2) is 9.97 Å². The van der Waals surface area contributed by atoms with Crippen LogP contribution in [-0.4, -0.2) is 42.1 Å². The summed E-state index contributed by atoms with van der Waals surface area (Å²) in [5.74, 6) is 1.16. The summed E-state index contributed by atoms with van der Waals surface area (Å²) < 4.78 is 0. The summed E-state index contributed by atoms with van der Waals surface area (Å²) in [7, 11) is 0. The molecule has 0 aliphatic heterocycles. The number of hydrogen-bond donors (Lipinski definition) is 1. The maximum absolute atomic E-state index is 12.8. The molecule has 0 radical (unpaired) electrons. The third-order valence-electron chi connectivity index (χ3n) is 4.73. The highest BCUT2D eigenvalue weighted by Crippen LogP contribution is 2.23. The predicted molar refractivity (Wildman–Crippen MR) is 113 cm³/mol. The van der Waals surface area contributed by atoms with Gasteiger partial charge in [0, 0.05) is 43.6 Å². The van der Waals surface area contributed by atoms with Gasteiger partial charge >= 0.3 is 0 Å². The van der Waals surface area contributed by atoms with Crippen molar-refractivity contribution in [3.05, 3.63) is 41.3 Å². The highest BCUT2D eigenvalue weighted by atomic mass is 16.1. The Morgan fingerprint density at radius 1 is 0.926 bits per heavy atom. The third kappa shape index (κ3) is 4.96. The predicted octanol–water partition coefficient (Wildman–Crippen LogP) is 4.04. The van der Waals surface area contributed by atoms with Crippen LogP contribution in [0.3, 0.4) is 0 Å². The summed E-state index contributed by atoms with van der Waals surface area (Å²) in [6.45, 7) is 15.8.